The summed E-state index contributed by atoms with van der Waals surface area (Å²) in [6.45, 7) is 3.74. The number of unbranched alkanes of at least 4 members (excludes halogenated alkanes) is 3. The number of carbonyl (C=O) groups is 1. The van der Waals surface area contributed by atoms with Crippen LogP contribution in [-0.4, -0.2) is 89.6 Å². The van der Waals surface area contributed by atoms with Crippen molar-refractivity contribution < 1.29 is 44.2 Å². The molecule has 0 amide bonds. The number of allylic oxidation sites excluding steroid dienone is 8. The molecule has 6 unspecified atom stereocenters. The van der Waals surface area contributed by atoms with Crippen LogP contribution in [-0.2, 0) is 23.7 Å². The van der Waals surface area contributed by atoms with E-state index in [9.17, 15) is 25.2 Å². The Labute approximate surface area is 233 Å². The van der Waals surface area contributed by atoms with Crippen molar-refractivity contribution in [2.75, 3.05) is 26.4 Å². The number of ether oxygens (including phenoxy) is 4. The van der Waals surface area contributed by atoms with E-state index >= 15 is 0 Å². The van der Waals surface area contributed by atoms with E-state index in [2.05, 4.69) is 55.5 Å². The Morgan fingerprint density at radius 1 is 0.821 bits per heavy atom. The van der Waals surface area contributed by atoms with Gasteiger partial charge in [0, 0.05) is 13.0 Å². The fraction of sp³-hybridized carbons (Fsp3) is 0.700. The van der Waals surface area contributed by atoms with Crippen molar-refractivity contribution in [3.8, 4) is 0 Å². The van der Waals surface area contributed by atoms with Gasteiger partial charge in [-0.05, 0) is 44.9 Å². The standard InChI is InChI=1S/C30H50O9/c1-3-5-6-7-8-9-10-11-12-13-14-15-16-17-18-19-20-36-22-24(38-26(32)4-2)23-37-30-29(35)28(34)27(33)25(21-31)39-30/h5-6,8-9,11-12,14-15,24-25,27-31,33-35H,3-4,7,10,13,16-23H2,1-2H3/b6-5-,9-8-,12-11-,15-14-. The minimum atomic E-state index is -1.54. The van der Waals surface area contributed by atoms with Crippen molar-refractivity contribution in [1.82, 2.24) is 0 Å². The largest absolute Gasteiger partial charge is 0.457 e. The van der Waals surface area contributed by atoms with Crippen LogP contribution in [0, 0.1) is 0 Å². The van der Waals surface area contributed by atoms with E-state index in [1.165, 1.54) is 0 Å². The number of rotatable bonds is 21. The van der Waals surface area contributed by atoms with Crippen molar-refractivity contribution >= 4 is 5.97 Å². The third-order valence-corrected chi connectivity index (χ3v) is 6.06. The van der Waals surface area contributed by atoms with Crippen LogP contribution >= 0.6 is 0 Å². The lowest BCUT2D eigenvalue weighted by Crippen LogP contribution is -2.59. The topological polar surface area (TPSA) is 135 Å². The first-order chi connectivity index (χ1) is 18.9. The maximum atomic E-state index is 11.8. The lowest BCUT2D eigenvalue weighted by atomic mass is 9.99. The second-order valence-corrected chi connectivity index (χ2v) is 9.42. The van der Waals surface area contributed by atoms with Gasteiger partial charge < -0.3 is 39.4 Å². The summed E-state index contributed by atoms with van der Waals surface area (Å²) in [5.41, 5.74) is 0. The molecule has 1 rings (SSSR count). The van der Waals surface area contributed by atoms with Crippen LogP contribution < -0.4 is 0 Å². The molecule has 1 aliphatic heterocycles. The highest BCUT2D eigenvalue weighted by Gasteiger charge is 2.44. The molecule has 1 saturated heterocycles. The molecule has 9 nitrogen and oxygen atoms in total. The predicted octanol–water partition coefficient (Wildman–Crippen LogP) is 3.51. The zero-order valence-electron chi connectivity index (χ0n) is 23.6. The molecule has 0 aromatic carbocycles. The highest BCUT2D eigenvalue weighted by atomic mass is 16.7. The van der Waals surface area contributed by atoms with E-state index in [1.807, 2.05) is 0 Å². The average molecular weight is 555 g/mol. The smallest absolute Gasteiger partial charge is 0.305 e. The summed E-state index contributed by atoms with van der Waals surface area (Å²) in [4.78, 5) is 11.8. The van der Waals surface area contributed by atoms with Gasteiger partial charge in [-0.2, -0.15) is 0 Å². The minimum Gasteiger partial charge on any atom is -0.457 e. The highest BCUT2D eigenvalue weighted by Crippen LogP contribution is 2.22. The molecule has 0 aliphatic carbocycles. The van der Waals surface area contributed by atoms with Crippen molar-refractivity contribution in [3.05, 3.63) is 48.6 Å². The second-order valence-electron chi connectivity index (χ2n) is 9.42. The Bertz CT molecular complexity index is 732. The summed E-state index contributed by atoms with van der Waals surface area (Å²) in [7, 11) is 0. The third-order valence-electron chi connectivity index (χ3n) is 6.06. The van der Waals surface area contributed by atoms with Crippen LogP contribution in [0.1, 0.15) is 71.6 Å². The van der Waals surface area contributed by atoms with Gasteiger partial charge >= 0.3 is 5.97 Å². The molecule has 0 aromatic heterocycles. The number of esters is 1. The number of carbonyl (C=O) groups excluding carboxylic acids is 1. The van der Waals surface area contributed by atoms with E-state index < -0.39 is 49.4 Å². The van der Waals surface area contributed by atoms with Crippen LogP contribution in [0.2, 0.25) is 0 Å². The molecular weight excluding hydrogens is 504 g/mol. The van der Waals surface area contributed by atoms with Gasteiger partial charge in [-0.25, -0.2) is 0 Å². The SMILES string of the molecule is CC/C=C\C/C=C\C/C=C\C/C=C\CCCCCOCC(COC1OC(CO)C(O)C(O)C1O)OC(=O)CC. The summed E-state index contributed by atoms with van der Waals surface area (Å²) in [6.07, 6.45) is 18.0. The Morgan fingerprint density at radius 2 is 1.46 bits per heavy atom. The summed E-state index contributed by atoms with van der Waals surface area (Å²) in [5.74, 6) is -0.418. The molecule has 39 heavy (non-hydrogen) atoms. The summed E-state index contributed by atoms with van der Waals surface area (Å²) in [5, 5.41) is 39.2. The molecule has 1 aliphatic rings. The number of aliphatic hydroxyl groups is 4. The van der Waals surface area contributed by atoms with Crippen LogP contribution in [0.4, 0.5) is 0 Å². The van der Waals surface area contributed by atoms with Crippen LogP contribution in [0.5, 0.6) is 0 Å². The summed E-state index contributed by atoms with van der Waals surface area (Å²) >= 11 is 0. The monoisotopic (exact) mass is 554 g/mol. The Kier molecular flexibility index (Phi) is 20.7. The molecule has 6 atom stereocenters. The lowest BCUT2D eigenvalue weighted by Gasteiger charge is -2.39. The summed E-state index contributed by atoms with van der Waals surface area (Å²) < 4.78 is 21.9. The first kappa shape index (κ1) is 35.2. The maximum absolute atomic E-state index is 11.8. The van der Waals surface area contributed by atoms with Crippen LogP contribution in [0.15, 0.2) is 48.6 Å². The zero-order valence-corrected chi connectivity index (χ0v) is 23.6. The van der Waals surface area contributed by atoms with Gasteiger partial charge in [-0.1, -0.05) is 68.9 Å². The summed E-state index contributed by atoms with van der Waals surface area (Å²) in [6, 6.07) is 0. The van der Waals surface area contributed by atoms with E-state index in [0.717, 1.165) is 51.4 Å². The van der Waals surface area contributed by atoms with Crippen molar-refractivity contribution in [2.45, 2.75) is 108 Å². The van der Waals surface area contributed by atoms with Crippen molar-refractivity contribution in [3.63, 3.8) is 0 Å². The van der Waals surface area contributed by atoms with Gasteiger partial charge in [0.25, 0.3) is 0 Å². The Hall–Kier alpha value is -1.85. The molecule has 0 bridgehead atoms. The second kappa shape index (κ2) is 22.9. The molecule has 0 radical (unpaired) electrons. The van der Waals surface area contributed by atoms with Gasteiger partial charge in [0.05, 0.1) is 19.8 Å². The molecule has 1 heterocycles. The average Bonchev–Trinajstić information content (AvgIpc) is 2.94. The number of hydrogen-bond acceptors (Lipinski definition) is 9. The van der Waals surface area contributed by atoms with E-state index in [1.54, 1.807) is 6.92 Å². The number of aliphatic hydroxyl groups excluding tert-OH is 4. The van der Waals surface area contributed by atoms with Gasteiger partial charge in [0.2, 0.25) is 0 Å². The molecule has 0 spiro atoms. The van der Waals surface area contributed by atoms with Crippen molar-refractivity contribution in [1.29, 1.82) is 0 Å². The maximum Gasteiger partial charge on any atom is 0.305 e. The zero-order chi connectivity index (χ0) is 28.7. The minimum absolute atomic E-state index is 0.111. The van der Waals surface area contributed by atoms with Gasteiger partial charge in [-0.3, -0.25) is 4.79 Å². The van der Waals surface area contributed by atoms with Gasteiger partial charge in [0.15, 0.2) is 6.29 Å². The molecule has 9 heteroatoms. The van der Waals surface area contributed by atoms with Crippen molar-refractivity contribution in [2.24, 2.45) is 0 Å². The normalized spacial score (nSPS) is 24.9. The Balaban J connectivity index is 2.21. The van der Waals surface area contributed by atoms with E-state index in [4.69, 9.17) is 18.9 Å². The quantitative estimate of drug-likeness (QED) is 0.0955. The molecule has 0 aromatic rings. The molecule has 0 saturated carbocycles. The predicted molar refractivity (Wildman–Crippen MR) is 150 cm³/mol. The van der Waals surface area contributed by atoms with Crippen LogP contribution in [0.3, 0.4) is 0 Å². The van der Waals surface area contributed by atoms with Gasteiger partial charge in [0.1, 0.15) is 30.5 Å². The van der Waals surface area contributed by atoms with E-state index in [0.29, 0.717) is 6.61 Å². The van der Waals surface area contributed by atoms with Crippen LogP contribution in [0.25, 0.3) is 0 Å². The van der Waals surface area contributed by atoms with E-state index in [-0.39, 0.29) is 19.6 Å². The molecular formula is C30H50O9. The number of hydrogen-bond donors (Lipinski definition) is 4. The molecule has 1 fully saturated rings. The fourth-order valence-electron chi connectivity index (χ4n) is 3.75. The first-order valence-corrected chi connectivity index (χ1v) is 14.2. The molecule has 224 valence electrons. The molecule has 4 N–H and O–H groups in total. The highest BCUT2D eigenvalue weighted by molar-refractivity contribution is 5.69. The fourth-order valence-corrected chi connectivity index (χ4v) is 3.75. The third kappa shape index (κ3) is 16.1. The Morgan fingerprint density at radius 3 is 2.08 bits per heavy atom. The first-order valence-electron chi connectivity index (χ1n) is 14.2. The van der Waals surface area contributed by atoms with Gasteiger partial charge in [-0.15, -0.1) is 0 Å². The lowest BCUT2D eigenvalue weighted by molar-refractivity contribution is -0.305.